The van der Waals surface area contributed by atoms with E-state index < -0.39 is 0 Å². The zero-order chi connectivity index (χ0) is 21.1. The van der Waals surface area contributed by atoms with Crippen LogP contribution in [0, 0.1) is 5.82 Å². The molecule has 0 unspecified atom stereocenters. The molecule has 156 valence electrons. The summed E-state index contributed by atoms with van der Waals surface area (Å²) in [6, 6.07) is 13.0. The number of pyridine rings is 1. The molecule has 30 heavy (non-hydrogen) atoms. The minimum atomic E-state index is -0.337. The molecule has 1 aliphatic heterocycles. The number of nitrogens with one attached hydrogen (secondary N) is 1. The van der Waals surface area contributed by atoms with Gasteiger partial charge in [0.25, 0.3) is 5.91 Å². The number of nitrogens with zero attached hydrogens (tertiary/aromatic N) is 2. The summed E-state index contributed by atoms with van der Waals surface area (Å²) in [5.41, 5.74) is 4.23. The van der Waals surface area contributed by atoms with Crippen molar-refractivity contribution >= 4 is 22.5 Å². The molecule has 1 saturated heterocycles. The Balaban J connectivity index is 1.67. The van der Waals surface area contributed by atoms with Crippen molar-refractivity contribution in [2.75, 3.05) is 18.4 Å². The quantitative estimate of drug-likeness (QED) is 0.589. The van der Waals surface area contributed by atoms with Gasteiger partial charge in [0, 0.05) is 31.2 Å². The Labute approximate surface area is 177 Å². The predicted molar refractivity (Wildman–Crippen MR) is 119 cm³/mol. The molecule has 1 N–H and O–H groups in total. The van der Waals surface area contributed by atoms with Gasteiger partial charge in [-0.3, -0.25) is 9.78 Å². The predicted octanol–water partition coefficient (Wildman–Crippen LogP) is 5.74. The molecule has 1 aromatic heterocycles. The first-order valence-corrected chi connectivity index (χ1v) is 10.7. The zero-order valence-electron chi connectivity index (χ0n) is 17.6. The number of aromatic nitrogens is 1. The molecule has 1 fully saturated rings. The number of benzene rings is 2. The average Bonchev–Trinajstić information content (AvgIpc) is 2.77. The second kappa shape index (κ2) is 8.82. The van der Waals surface area contributed by atoms with E-state index in [9.17, 15) is 9.18 Å². The largest absolute Gasteiger partial charge is 0.380 e. The van der Waals surface area contributed by atoms with Gasteiger partial charge < -0.3 is 10.2 Å². The third-order valence-corrected chi connectivity index (χ3v) is 5.82. The van der Waals surface area contributed by atoms with Crippen molar-refractivity contribution < 1.29 is 9.18 Å². The fraction of sp³-hybridized carbons (Fsp3) is 0.360. The lowest BCUT2D eigenvalue weighted by atomic mass is 10.0. The van der Waals surface area contributed by atoms with E-state index in [1.807, 2.05) is 4.90 Å². The second-order valence-electron chi connectivity index (χ2n) is 8.31. The molecule has 0 radical (unpaired) electrons. The zero-order valence-corrected chi connectivity index (χ0v) is 17.6. The molecule has 0 spiro atoms. The monoisotopic (exact) mass is 405 g/mol. The first-order valence-electron chi connectivity index (χ1n) is 10.7. The van der Waals surface area contributed by atoms with E-state index in [1.165, 1.54) is 17.7 Å². The summed E-state index contributed by atoms with van der Waals surface area (Å²) in [6.45, 7) is 6.41. The highest BCUT2D eigenvalue weighted by molar-refractivity contribution is 6.07. The Hall–Kier alpha value is -2.95. The molecule has 0 atom stereocenters. The number of amides is 1. The SMILES string of the molecule is CC(C)c1ccc(CNc2c(C(=O)N3CCCCC3)cnc3ccc(F)cc23)cc1. The highest BCUT2D eigenvalue weighted by Crippen LogP contribution is 2.29. The number of hydrogen-bond donors (Lipinski definition) is 1. The van der Waals surface area contributed by atoms with Crippen LogP contribution in [0.15, 0.2) is 48.7 Å². The molecule has 3 aromatic rings. The summed E-state index contributed by atoms with van der Waals surface area (Å²) in [4.78, 5) is 19.5. The fourth-order valence-electron chi connectivity index (χ4n) is 4.00. The van der Waals surface area contributed by atoms with Gasteiger partial charge in [-0.25, -0.2) is 4.39 Å². The number of halogens is 1. The molecular formula is C25H28FN3O. The van der Waals surface area contributed by atoms with E-state index in [2.05, 4.69) is 48.4 Å². The van der Waals surface area contributed by atoms with Crippen molar-refractivity contribution in [3.63, 3.8) is 0 Å². The van der Waals surface area contributed by atoms with Crippen LogP contribution < -0.4 is 5.32 Å². The Morgan fingerprint density at radius 3 is 2.53 bits per heavy atom. The van der Waals surface area contributed by atoms with Crippen LogP contribution in [0.3, 0.4) is 0 Å². The minimum Gasteiger partial charge on any atom is -0.380 e. The van der Waals surface area contributed by atoms with Gasteiger partial charge in [-0.1, -0.05) is 38.1 Å². The van der Waals surface area contributed by atoms with Crippen LogP contribution >= 0.6 is 0 Å². The van der Waals surface area contributed by atoms with E-state index in [-0.39, 0.29) is 11.7 Å². The molecule has 0 saturated carbocycles. The number of anilines is 1. The first-order chi connectivity index (χ1) is 14.5. The van der Waals surface area contributed by atoms with Gasteiger partial charge in [-0.2, -0.15) is 0 Å². The average molecular weight is 406 g/mol. The number of carbonyl (C=O) groups excluding carboxylic acids is 1. The maximum absolute atomic E-state index is 14.0. The van der Waals surface area contributed by atoms with Crippen molar-refractivity contribution in [3.8, 4) is 0 Å². The maximum atomic E-state index is 14.0. The normalized spacial score (nSPS) is 14.3. The van der Waals surface area contributed by atoms with Crippen molar-refractivity contribution in [2.45, 2.75) is 45.6 Å². The number of rotatable bonds is 5. The smallest absolute Gasteiger partial charge is 0.257 e. The van der Waals surface area contributed by atoms with Crippen molar-refractivity contribution in [2.24, 2.45) is 0 Å². The van der Waals surface area contributed by atoms with Gasteiger partial charge in [0.1, 0.15) is 5.82 Å². The summed E-state index contributed by atoms with van der Waals surface area (Å²) in [6.07, 6.45) is 4.82. The number of fused-ring (bicyclic) bond motifs is 1. The third-order valence-electron chi connectivity index (χ3n) is 5.82. The molecule has 0 aliphatic carbocycles. The third kappa shape index (κ3) is 4.30. The summed E-state index contributed by atoms with van der Waals surface area (Å²) in [5.74, 6) is 0.107. The maximum Gasteiger partial charge on any atom is 0.257 e. The topological polar surface area (TPSA) is 45.2 Å². The summed E-state index contributed by atoms with van der Waals surface area (Å²) >= 11 is 0. The van der Waals surface area contributed by atoms with Gasteiger partial charge in [0.2, 0.25) is 0 Å². The second-order valence-corrected chi connectivity index (χ2v) is 8.31. The van der Waals surface area contributed by atoms with E-state index in [0.29, 0.717) is 34.6 Å². The van der Waals surface area contributed by atoms with Crippen LogP contribution in [0.4, 0.5) is 10.1 Å². The molecule has 5 heteroatoms. The molecule has 4 rings (SSSR count). The molecule has 4 nitrogen and oxygen atoms in total. The Bertz CT molecular complexity index is 1040. The lowest BCUT2D eigenvalue weighted by Crippen LogP contribution is -2.36. The van der Waals surface area contributed by atoms with Crippen molar-refractivity contribution in [1.29, 1.82) is 0 Å². The number of hydrogen-bond acceptors (Lipinski definition) is 3. The van der Waals surface area contributed by atoms with Gasteiger partial charge in [-0.05, 0) is 54.5 Å². The Kier molecular flexibility index (Phi) is 5.98. The molecule has 2 aromatic carbocycles. The van der Waals surface area contributed by atoms with Gasteiger partial charge in [0.15, 0.2) is 0 Å². The van der Waals surface area contributed by atoms with Crippen molar-refractivity contribution in [1.82, 2.24) is 9.88 Å². The lowest BCUT2D eigenvalue weighted by Gasteiger charge is -2.27. The fourth-order valence-corrected chi connectivity index (χ4v) is 4.00. The van der Waals surface area contributed by atoms with E-state index in [1.54, 1.807) is 12.3 Å². The lowest BCUT2D eigenvalue weighted by molar-refractivity contribution is 0.0725. The Morgan fingerprint density at radius 2 is 1.83 bits per heavy atom. The highest BCUT2D eigenvalue weighted by Gasteiger charge is 2.23. The van der Waals surface area contributed by atoms with E-state index in [4.69, 9.17) is 0 Å². The first kappa shape index (κ1) is 20.3. The standard InChI is InChI=1S/C25H28FN3O/c1-17(2)19-8-6-18(7-9-19)15-28-24-21-14-20(26)10-11-23(21)27-16-22(24)25(30)29-12-4-3-5-13-29/h6-11,14,16-17H,3-5,12-13,15H2,1-2H3,(H,27,28). The number of likely N-dealkylation sites (tertiary alicyclic amines) is 1. The van der Waals surface area contributed by atoms with Crippen LogP contribution in [0.2, 0.25) is 0 Å². The molecule has 2 heterocycles. The summed E-state index contributed by atoms with van der Waals surface area (Å²) < 4.78 is 14.0. The number of carbonyl (C=O) groups is 1. The van der Waals surface area contributed by atoms with Crippen LogP contribution in [0.25, 0.3) is 10.9 Å². The van der Waals surface area contributed by atoms with E-state index in [0.717, 1.165) is 37.9 Å². The number of piperidine rings is 1. The highest BCUT2D eigenvalue weighted by atomic mass is 19.1. The van der Waals surface area contributed by atoms with Crippen LogP contribution in [0.5, 0.6) is 0 Å². The molecule has 0 bridgehead atoms. The summed E-state index contributed by atoms with van der Waals surface area (Å²) in [7, 11) is 0. The molecular weight excluding hydrogens is 377 g/mol. The van der Waals surface area contributed by atoms with Crippen LogP contribution in [-0.2, 0) is 6.54 Å². The van der Waals surface area contributed by atoms with Crippen LogP contribution in [-0.4, -0.2) is 28.9 Å². The molecule has 1 aliphatic rings. The van der Waals surface area contributed by atoms with Gasteiger partial charge in [0.05, 0.1) is 16.8 Å². The molecule has 1 amide bonds. The van der Waals surface area contributed by atoms with Gasteiger partial charge >= 0.3 is 0 Å². The Morgan fingerprint density at radius 1 is 1.10 bits per heavy atom. The minimum absolute atomic E-state index is 0.0361. The van der Waals surface area contributed by atoms with Crippen molar-refractivity contribution in [3.05, 3.63) is 71.2 Å². The summed E-state index contributed by atoms with van der Waals surface area (Å²) in [5, 5.41) is 4.05. The van der Waals surface area contributed by atoms with Gasteiger partial charge in [-0.15, -0.1) is 0 Å². The van der Waals surface area contributed by atoms with Crippen LogP contribution in [0.1, 0.15) is 60.5 Å². The van der Waals surface area contributed by atoms with E-state index >= 15 is 0 Å².